The number of hydrogen-bond donors (Lipinski definition) is 1. The molecule has 0 saturated heterocycles. The van der Waals surface area contributed by atoms with Crippen molar-refractivity contribution in [2.24, 2.45) is 0 Å². The molecule has 0 aliphatic carbocycles. The summed E-state index contributed by atoms with van der Waals surface area (Å²) in [5.74, 6) is -0.0932. The Morgan fingerprint density at radius 2 is 1.80 bits per heavy atom. The predicted molar refractivity (Wildman–Crippen MR) is 122 cm³/mol. The van der Waals surface area contributed by atoms with Crippen LogP contribution in [-0.2, 0) is 21.9 Å². The maximum absolute atomic E-state index is 13.8. The normalized spacial score (nSPS) is 12.8. The molecule has 7 heteroatoms. The first-order chi connectivity index (χ1) is 14.3. The van der Waals surface area contributed by atoms with E-state index in [1.54, 1.807) is 42.2 Å². The Balaban J connectivity index is 2.08. The molecule has 0 radical (unpaired) electrons. The van der Waals surface area contributed by atoms with E-state index in [0.717, 1.165) is 12.0 Å². The number of hydrogen-bond acceptors (Lipinski definition) is 3. The molecule has 4 nitrogen and oxygen atoms in total. The Morgan fingerprint density at radius 3 is 2.43 bits per heavy atom. The van der Waals surface area contributed by atoms with Crippen LogP contribution in [0.15, 0.2) is 48.5 Å². The number of carbonyl (C=O) groups is 2. The summed E-state index contributed by atoms with van der Waals surface area (Å²) in [7, 11) is 0. The Hall–Kier alpha value is -2.05. The standard InChI is InChI=1S/C23H28ClFN2O2S/c1-4-16(2)26-23(29)17(3)27(13-18-9-11-20(24)12-10-18)22(28)15-30-14-19-7-5-6-8-21(19)25/h5-12,16-17H,4,13-15H2,1-3H3,(H,26,29)/t16-,17+/m1/s1. The van der Waals surface area contributed by atoms with Crippen LogP contribution < -0.4 is 5.32 Å². The Morgan fingerprint density at radius 1 is 1.13 bits per heavy atom. The van der Waals surface area contributed by atoms with Gasteiger partial charge in [0.1, 0.15) is 11.9 Å². The number of nitrogens with zero attached hydrogens (tertiary/aromatic N) is 1. The van der Waals surface area contributed by atoms with E-state index in [-0.39, 0.29) is 29.4 Å². The highest BCUT2D eigenvalue weighted by molar-refractivity contribution is 7.99. The lowest BCUT2D eigenvalue weighted by Gasteiger charge is -2.29. The number of thioether (sulfide) groups is 1. The fourth-order valence-electron chi connectivity index (χ4n) is 2.78. The highest BCUT2D eigenvalue weighted by Gasteiger charge is 2.26. The van der Waals surface area contributed by atoms with Crippen molar-refractivity contribution in [1.29, 1.82) is 0 Å². The SMILES string of the molecule is CC[C@@H](C)NC(=O)[C@H](C)N(Cc1ccc(Cl)cc1)C(=O)CSCc1ccccc1F. The topological polar surface area (TPSA) is 49.4 Å². The molecule has 0 aliphatic heterocycles. The molecule has 2 atom stereocenters. The summed E-state index contributed by atoms with van der Waals surface area (Å²) in [5, 5.41) is 3.55. The van der Waals surface area contributed by atoms with Crippen LogP contribution >= 0.6 is 23.4 Å². The number of benzene rings is 2. The molecule has 0 unspecified atom stereocenters. The first kappa shape index (κ1) is 24.2. The van der Waals surface area contributed by atoms with Crippen LogP contribution in [0.2, 0.25) is 5.02 Å². The van der Waals surface area contributed by atoms with E-state index in [1.165, 1.54) is 17.8 Å². The summed E-state index contributed by atoms with van der Waals surface area (Å²) in [6.07, 6.45) is 0.808. The molecular weight excluding hydrogens is 423 g/mol. The minimum atomic E-state index is -0.628. The van der Waals surface area contributed by atoms with Crippen molar-refractivity contribution in [3.05, 3.63) is 70.5 Å². The molecule has 0 fully saturated rings. The van der Waals surface area contributed by atoms with Crippen LogP contribution in [0.5, 0.6) is 0 Å². The van der Waals surface area contributed by atoms with Crippen LogP contribution in [0.1, 0.15) is 38.3 Å². The number of rotatable bonds is 10. The van der Waals surface area contributed by atoms with E-state index < -0.39 is 6.04 Å². The van der Waals surface area contributed by atoms with E-state index >= 15 is 0 Å². The number of halogens is 2. The van der Waals surface area contributed by atoms with Crippen molar-refractivity contribution >= 4 is 35.2 Å². The van der Waals surface area contributed by atoms with Gasteiger partial charge >= 0.3 is 0 Å². The van der Waals surface area contributed by atoms with Gasteiger partial charge < -0.3 is 10.2 Å². The molecule has 2 aromatic carbocycles. The second kappa shape index (κ2) is 12.0. The number of carbonyl (C=O) groups excluding carboxylic acids is 2. The molecule has 0 heterocycles. The maximum atomic E-state index is 13.8. The average Bonchev–Trinajstić information content (AvgIpc) is 2.73. The van der Waals surface area contributed by atoms with E-state index in [2.05, 4.69) is 5.32 Å². The van der Waals surface area contributed by atoms with Gasteiger partial charge in [-0.05, 0) is 49.6 Å². The molecule has 2 aromatic rings. The van der Waals surface area contributed by atoms with Crippen LogP contribution in [-0.4, -0.2) is 34.6 Å². The third kappa shape index (κ3) is 7.33. The molecule has 2 rings (SSSR count). The van der Waals surface area contributed by atoms with E-state index in [9.17, 15) is 14.0 Å². The molecule has 30 heavy (non-hydrogen) atoms. The van der Waals surface area contributed by atoms with Gasteiger partial charge in [-0.15, -0.1) is 11.8 Å². The van der Waals surface area contributed by atoms with Gasteiger partial charge in [0.15, 0.2) is 0 Å². The van der Waals surface area contributed by atoms with Gasteiger partial charge in [0.25, 0.3) is 0 Å². The molecule has 0 aromatic heterocycles. The van der Waals surface area contributed by atoms with Crippen molar-refractivity contribution in [2.45, 2.75) is 51.6 Å². The van der Waals surface area contributed by atoms with E-state index in [4.69, 9.17) is 11.6 Å². The van der Waals surface area contributed by atoms with Gasteiger partial charge in [0.2, 0.25) is 11.8 Å². The second-order valence-electron chi connectivity index (χ2n) is 7.23. The summed E-state index contributed by atoms with van der Waals surface area (Å²) in [4.78, 5) is 27.2. The fraction of sp³-hybridized carbons (Fsp3) is 0.391. The van der Waals surface area contributed by atoms with Gasteiger partial charge in [0, 0.05) is 23.4 Å². The molecule has 0 aliphatic rings. The molecule has 162 valence electrons. The van der Waals surface area contributed by atoms with Gasteiger partial charge in [-0.25, -0.2) is 4.39 Å². The molecule has 1 N–H and O–H groups in total. The zero-order valence-corrected chi connectivity index (χ0v) is 19.1. The predicted octanol–water partition coefficient (Wildman–Crippen LogP) is 5.04. The van der Waals surface area contributed by atoms with Gasteiger partial charge in [-0.1, -0.05) is 48.9 Å². The quantitative estimate of drug-likeness (QED) is 0.551. The largest absolute Gasteiger partial charge is 0.352 e. The van der Waals surface area contributed by atoms with E-state index in [0.29, 0.717) is 22.9 Å². The molecular formula is C23H28ClFN2O2S. The van der Waals surface area contributed by atoms with Crippen LogP contribution in [0.3, 0.4) is 0 Å². The monoisotopic (exact) mass is 450 g/mol. The minimum absolute atomic E-state index is 0.0304. The Kier molecular flexibility index (Phi) is 9.66. The average molecular weight is 451 g/mol. The first-order valence-corrected chi connectivity index (χ1v) is 11.5. The lowest BCUT2D eigenvalue weighted by atomic mass is 10.1. The fourth-order valence-corrected chi connectivity index (χ4v) is 3.80. The molecule has 2 amide bonds. The minimum Gasteiger partial charge on any atom is -0.352 e. The van der Waals surface area contributed by atoms with Crippen molar-refractivity contribution in [1.82, 2.24) is 10.2 Å². The highest BCUT2D eigenvalue weighted by atomic mass is 35.5. The molecule has 0 bridgehead atoms. The van der Waals surface area contributed by atoms with Crippen molar-refractivity contribution in [2.75, 3.05) is 5.75 Å². The van der Waals surface area contributed by atoms with Crippen LogP contribution in [0.25, 0.3) is 0 Å². The summed E-state index contributed by atoms with van der Waals surface area (Å²) in [6, 6.07) is 13.1. The summed E-state index contributed by atoms with van der Waals surface area (Å²) >= 11 is 7.29. The third-order valence-corrected chi connectivity index (χ3v) is 6.09. The zero-order chi connectivity index (χ0) is 22.1. The summed E-state index contributed by atoms with van der Waals surface area (Å²) < 4.78 is 13.8. The summed E-state index contributed by atoms with van der Waals surface area (Å²) in [5.41, 5.74) is 1.44. The van der Waals surface area contributed by atoms with Crippen LogP contribution in [0, 0.1) is 5.82 Å². The highest BCUT2D eigenvalue weighted by Crippen LogP contribution is 2.18. The van der Waals surface area contributed by atoms with E-state index in [1.807, 2.05) is 26.0 Å². The number of nitrogens with one attached hydrogen (secondary N) is 1. The van der Waals surface area contributed by atoms with Gasteiger partial charge in [-0.3, -0.25) is 9.59 Å². The first-order valence-electron chi connectivity index (χ1n) is 9.97. The zero-order valence-electron chi connectivity index (χ0n) is 17.5. The second-order valence-corrected chi connectivity index (χ2v) is 8.65. The molecule has 0 saturated carbocycles. The van der Waals surface area contributed by atoms with Gasteiger partial charge in [-0.2, -0.15) is 0 Å². The van der Waals surface area contributed by atoms with Crippen LogP contribution in [0.4, 0.5) is 4.39 Å². The smallest absolute Gasteiger partial charge is 0.242 e. The lowest BCUT2D eigenvalue weighted by molar-refractivity contribution is -0.138. The van der Waals surface area contributed by atoms with Crippen molar-refractivity contribution < 1.29 is 14.0 Å². The molecule has 0 spiro atoms. The van der Waals surface area contributed by atoms with Gasteiger partial charge in [0.05, 0.1) is 5.75 Å². The van der Waals surface area contributed by atoms with Crippen molar-refractivity contribution in [3.63, 3.8) is 0 Å². The lowest BCUT2D eigenvalue weighted by Crippen LogP contribution is -2.50. The Labute approximate surface area is 187 Å². The number of amides is 2. The maximum Gasteiger partial charge on any atom is 0.242 e. The van der Waals surface area contributed by atoms with Crippen molar-refractivity contribution in [3.8, 4) is 0 Å². The third-order valence-electron chi connectivity index (χ3n) is 4.88. The Bertz CT molecular complexity index is 847. The summed E-state index contributed by atoms with van der Waals surface area (Å²) in [6.45, 7) is 5.95.